The summed E-state index contributed by atoms with van der Waals surface area (Å²) in [6.45, 7) is 0.508. The van der Waals surface area contributed by atoms with Crippen LogP contribution in [0.4, 0.5) is 4.79 Å². The van der Waals surface area contributed by atoms with Crippen molar-refractivity contribution in [2.45, 2.75) is 50.1 Å². The fraction of sp³-hybridized carbons (Fsp3) is 0.385. The third-order valence-electron chi connectivity index (χ3n) is 5.45. The number of hydrogen-bond donors (Lipinski definition) is 4. The number of aliphatic hydroxyl groups excluding tert-OH is 2. The molecule has 0 saturated heterocycles. The predicted molar refractivity (Wildman–Crippen MR) is 133 cm³/mol. The van der Waals surface area contributed by atoms with Crippen LogP contribution < -0.4 is 4.74 Å². The van der Waals surface area contributed by atoms with Gasteiger partial charge in [-0.25, -0.2) is 9.59 Å². The van der Waals surface area contributed by atoms with Gasteiger partial charge in [-0.3, -0.25) is 0 Å². The van der Waals surface area contributed by atoms with E-state index >= 15 is 0 Å². The van der Waals surface area contributed by atoms with E-state index < -0.39 is 30.4 Å². The Morgan fingerprint density at radius 1 is 1.03 bits per heavy atom. The molecule has 1 aliphatic carbocycles. The molecule has 2 aromatic rings. The lowest BCUT2D eigenvalue weighted by Crippen LogP contribution is -2.48. The molecule has 1 aliphatic rings. The van der Waals surface area contributed by atoms with Crippen LogP contribution >= 0.6 is 11.6 Å². The minimum atomic E-state index is -1.83. The van der Waals surface area contributed by atoms with Crippen LogP contribution in [0.5, 0.6) is 5.75 Å². The van der Waals surface area contributed by atoms with Crippen LogP contribution in [-0.2, 0) is 20.7 Å². The second-order valence-electron chi connectivity index (χ2n) is 8.12. The molecule has 0 bridgehead atoms. The van der Waals surface area contributed by atoms with Gasteiger partial charge in [0, 0.05) is 30.5 Å². The molecule has 9 nitrogen and oxygen atoms in total. The summed E-state index contributed by atoms with van der Waals surface area (Å²) in [5, 5.41) is 35.1. The Bertz CT molecular complexity index is 972. The van der Waals surface area contributed by atoms with E-state index in [0.29, 0.717) is 24.5 Å². The molecule has 0 heterocycles. The molecule has 1 saturated carbocycles. The summed E-state index contributed by atoms with van der Waals surface area (Å²) in [5.74, 6) is 0.142. The highest BCUT2D eigenvalue weighted by Crippen LogP contribution is 2.25. The summed E-state index contributed by atoms with van der Waals surface area (Å²) >= 11 is 5.90. The molecule has 4 N–H and O–H groups in total. The number of carbonyl (C=O) groups excluding carboxylic acids is 1. The van der Waals surface area contributed by atoms with Gasteiger partial charge in [0.15, 0.2) is 0 Å². The summed E-state index contributed by atoms with van der Waals surface area (Å²) in [5.41, 5.74) is 1.99. The number of esters is 1. The van der Waals surface area contributed by atoms with Gasteiger partial charge in [0.1, 0.15) is 18.0 Å². The molecule has 2 aromatic carbocycles. The molecule has 36 heavy (non-hydrogen) atoms. The first kappa shape index (κ1) is 29.1. The first-order valence-electron chi connectivity index (χ1n) is 11.3. The van der Waals surface area contributed by atoms with Crippen molar-refractivity contribution in [2.75, 3.05) is 13.7 Å². The van der Waals surface area contributed by atoms with Gasteiger partial charge in [0.2, 0.25) is 0 Å². The lowest BCUT2D eigenvalue weighted by molar-refractivity contribution is -0.170. The highest BCUT2D eigenvalue weighted by atomic mass is 35.5. The maximum atomic E-state index is 12.2. The number of methoxy groups -OCH3 is 1. The zero-order valence-corrected chi connectivity index (χ0v) is 20.6. The monoisotopic (exact) mass is 522 g/mol. The van der Waals surface area contributed by atoms with E-state index in [1.165, 1.54) is 11.6 Å². The van der Waals surface area contributed by atoms with Crippen molar-refractivity contribution in [3.63, 3.8) is 0 Å². The molecule has 0 aromatic heterocycles. The zero-order valence-electron chi connectivity index (χ0n) is 19.8. The molecule has 196 valence electrons. The number of rotatable bonds is 9. The number of aliphatic hydroxyl groups is 2. The van der Waals surface area contributed by atoms with Crippen molar-refractivity contribution in [3.8, 4) is 5.75 Å². The molecular formula is C26H31ClO9. The van der Waals surface area contributed by atoms with Crippen molar-refractivity contribution in [2.24, 2.45) is 0 Å². The van der Waals surface area contributed by atoms with Crippen molar-refractivity contribution >= 4 is 29.8 Å². The number of carboxylic acid groups (broad SMARTS) is 2. The van der Waals surface area contributed by atoms with E-state index in [0.717, 1.165) is 24.2 Å². The lowest BCUT2D eigenvalue weighted by Gasteiger charge is -2.36. The van der Waals surface area contributed by atoms with Crippen LogP contribution in [-0.4, -0.2) is 70.7 Å². The van der Waals surface area contributed by atoms with E-state index in [1.54, 1.807) is 25.3 Å². The third kappa shape index (κ3) is 10.7. The average molecular weight is 523 g/mol. The van der Waals surface area contributed by atoms with Crippen LogP contribution in [0.3, 0.4) is 0 Å². The first-order valence-corrected chi connectivity index (χ1v) is 11.7. The molecule has 0 amide bonds. The number of ether oxygens (including phenoxy) is 3. The third-order valence-corrected chi connectivity index (χ3v) is 5.70. The standard InChI is InChI=1S/C25H29ClO6.CH2O3/c1-30-20-11-6-18(7-12-20)8-13-24(28)32-23-16-21(15-22(27)25(23)29)31-14-2-3-17-4-9-19(26)10-5-17;2-1(3)4/h4-13,21-23,25,27,29H,2-3,14-16H2,1H3;(H2,2,3,4)/b13-8+;/t21-,22-,23+,25+;/m0./s1. The fourth-order valence-corrected chi connectivity index (χ4v) is 3.78. The molecule has 0 unspecified atom stereocenters. The fourth-order valence-electron chi connectivity index (χ4n) is 3.65. The summed E-state index contributed by atoms with van der Waals surface area (Å²) in [4.78, 5) is 20.8. The van der Waals surface area contributed by atoms with Gasteiger partial charge in [-0.05, 0) is 54.3 Å². The topological polar surface area (TPSA) is 143 Å². The molecule has 4 atom stereocenters. The van der Waals surface area contributed by atoms with Crippen LogP contribution in [0.1, 0.15) is 30.4 Å². The van der Waals surface area contributed by atoms with Gasteiger partial charge in [0.05, 0.1) is 19.3 Å². The van der Waals surface area contributed by atoms with Gasteiger partial charge < -0.3 is 34.6 Å². The molecule has 3 rings (SSSR count). The number of carbonyl (C=O) groups is 2. The van der Waals surface area contributed by atoms with Gasteiger partial charge in [-0.15, -0.1) is 0 Å². The minimum absolute atomic E-state index is 0.290. The van der Waals surface area contributed by atoms with Gasteiger partial charge >= 0.3 is 12.1 Å². The number of aryl methyl sites for hydroxylation is 1. The Morgan fingerprint density at radius 2 is 1.67 bits per heavy atom. The van der Waals surface area contributed by atoms with E-state index in [4.69, 9.17) is 40.8 Å². The van der Waals surface area contributed by atoms with Gasteiger partial charge in [-0.2, -0.15) is 0 Å². The summed E-state index contributed by atoms with van der Waals surface area (Å²) in [6.07, 6.45) is 0.134. The quantitative estimate of drug-likeness (QED) is 0.218. The Morgan fingerprint density at radius 3 is 2.28 bits per heavy atom. The number of benzene rings is 2. The molecule has 10 heteroatoms. The van der Waals surface area contributed by atoms with Crippen LogP contribution in [0.2, 0.25) is 5.02 Å². The second-order valence-corrected chi connectivity index (χ2v) is 8.55. The summed E-state index contributed by atoms with van der Waals surface area (Å²) < 4.78 is 16.4. The largest absolute Gasteiger partial charge is 0.503 e. The number of halogens is 1. The van der Waals surface area contributed by atoms with Crippen molar-refractivity contribution in [1.29, 1.82) is 0 Å². The molecule has 0 spiro atoms. The summed E-state index contributed by atoms with van der Waals surface area (Å²) in [7, 11) is 1.59. The Hall–Kier alpha value is -3.11. The second kappa shape index (κ2) is 15.1. The predicted octanol–water partition coefficient (Wildman–Crippen LogP) is 4.03. The Balaban J connectivity index is 0.00000106. The summed E-state index contributed by atoms with van der Waals surface area (Å²) in [6, 6.07) is 14.9. The molecule has 0 aliphatic heterocycles. The van der Waals surface area contributed by atoms with E-state index in [-0.39, 0.29) is 6.10 Å². The minimum Gasteiger partial charge on any atom is -0.497 e. The molecule has 1 fully saturated rings. The van der Waals surface area contributed by atoms with Crippen molar-refractivity contribution < 1.29 is 44.2 Å². The van der Waals surface area contributed by atoms with Gasteiger partial charge in [-0.1, -0.05) is 35.9 Å². The van der Waals surface area contributed by atoms with Crippen LogP contribution in [0, 0.1) is 0 Å². The molecule has 0 radical (unpaired) electrons. The number of hydrogen-bond acceptors (Lipinski definition) is 7. The van der Waals surface area contributed by atoms with Gasteiger partial charge in [0.25, 0.3) is 0 Å². The van der Waals surface area contributed by atoms with Crippen molar-refractivity contribution in [3.05, 3.63) is 70.8 Å². The van der Waals surface area contributed by atoms with Crippen molar-refractivity contribution in [1.82, 2.24) is 0 Å². The highest BCUT2D eigenvalue weighted by Gasteiger charge is 2.38. The maximum Gasteiger partial charge on any atom is 0.503 e. The Labute approximate surface area is 214 Å². The average Bonchev–Trinajstić information content (AvgIpc) is 2.84. The van der Waals surface area contributed by atoms with E-state index in [2.05, 4.69) is 0 Å². The van der Waals surface area contributed by atoms with E-state index in [9.17, 15) is 15.0 Å². The smallest absolute Gasteiger partial charge is 0.497 e. The highest BCUT2D eigenvalue weighted by molar-refractivity contribution is 6.30. The van der Waals surface area contributed by atoms with Crippen LogP contribution in [0.25, 0.3) is 6.08 Å². The normalized spacial score (nSPS) is 21.3. The first-order chi connectivity index (χ1) is 17.2. The molecular weight excluding hydrogens is 492 g/mol. The van der Waals surface area contributed by atoms with E-state index in [1.807, 2.05) is 36.4 Å². The Kier molecular flexibility index (Phi) is 12.2. The lowest BCUT2D eigenvalue weighted by atomic mass is 9.89. The SMILES string of the molecule is COc1ccc(/C=C/C(=O)O[C@@H]2C[C@@H](OCCCc3ccc(Cl)cc3)C[C@H](O)[C@H]2O)cc1.O=C(O)O. The maximum absolute atomic E-state index is 12.2. The van der Waals surface area contributed by atoms with Crippen LogP contribution in [0.15, 0.2) is 54.6 Å². The zero-order chi connectivity index (χ0) is 26.5.